The van der Waals surface area contributed by atoms with Gasteiger partial charge in [-0.25, -0.2) is 4.84 Å². The first-order valence-electron chi connectivity index (χ1n) is 3.80. The van der Waals surface area contributed by atoms with Crippen LogP contribution in [-0.2, 0) is 9.63 Å². The first-order valence-corrected chi connectivity index (χ1v) is 3.80. The third-order valence-corrected chi connectivity index (χ3v) is 1.78. The van der Waals surface area contributed by atoms with Crippen LogP contribution < -0.4 is 0 Å². The van der Waals surface area contributed by atoms with Crippen LogP contribution in [0.4, 0.5) is 0 Å². The monoisotopic (exact) mass is 163 g/mol. The van der Waals surface area contributed by atoms with Gasteiger partial charge in [-0.2, -0.15) is 5.06 Å². The van der Waals surface area contributed by atoms with Gasteiger partial charge in [0, 0.05) is 12.5 Å². The Bertz CT molecular complexity index is 297. The minimum Gasteiger partial charge on any atom is -0.273 e. The van der Waals surface area contributed by atoms with E-state index in [1.165, 1.54) is 12.0 Å². The quantitative estimate of drug-likeness (QED) is 0.587. The van der Waals surface area contributed by atoms with Gasteiger partial charge < -0.3 is 0 Å². The second kappa shape index (κ2) is 2.60. The van der Waals surface area contributed by atoms with Gasteiger partial charge in [0.1, 0.15) is 0 Å². The van der Waals surface area contributed by atoms with Crippen molar-refractivity contribution in [1.82, 2.24) is 5.06 Å². The Labute approximate surface area is 70.5 Å². The normalized spacial score (nSPS) is 20.8. The van der Waals surface area contributed by atoms with Gasteiger partial charge in [-0.05, 0) is 0 Å². The lowest BCUT2D eigenvalue weighted by Gasteiger charge is -1.92. The van der Waals surface area contributed by atoms with Crippen LogP contribution in [0.1, 0.15) is 18.7 Å². The van der Waals surface area contributed by atoms with Crippen molar-refractivity contribution in [3.8, 4) is 0 Å². The lowest BCUT2D eigenvalue weighted by atomic mass is 10.2. The van der Waals surface area contributed by atoms with Crippen LogP contribution in [0, 0.1) is 0 Å². The van der Waals surface area contributed by atoms with E-state index < -0.39 is 0 Å². The van der Waals surface area contributed by atoms with E-state index in [-0.39, 0.29) is 12.1 Å². The smallest absolute Gasteiger partial charge is 0.245 e. The molecule has 1 aromatic rings. The Hall–Kier alpha value is -1.35. The molecule has 1 fully saturated rings. The van der Waals surface area contributed by atoms with E-state index >= 15 is 0 Å². The van der Waals surface area contributed by atoms with E-state index in [1.54, 1.807) is 0 Å². The molecule has 2 rings (SSSR count). The standard InChI is InChI=1S/C9H9NO2/c1-7(11)10-9(12-10)8-5-3-2-4-6-8/h2-6,9H,1H3. The molecule has 3 heteroatoms. The van der Waals surface area contributed by atoms with Crippen molar-refractivity contribution >= 4 is 5.91 Å². The van der Waals surface area contributed by atoms with E-state index in [1.807, 2.05) is 30.3 Å². The second-order valence-corrected chi connectivity index (χ2v) is 2.71. The van der Waals surface area contributed by atoms with Crippen LogP contribution >= 0.6 is 0 Å². The van der Waals surface area contributed by atoms with E-state index in [2.05, 4.69) is 0 Å². The van der Waals surface area contributed by atoms with Crippen molar-refractivity contribution in [1.29, 1.82) is 0 Å². The molecule has 3 nitrogen and oxygen atoms in total. The number of hydrogen-bond donors (Lipinski definition) is 0. The number of carbonyl (C=O) groups excluding carboxylic acids is 1. The van der Waals surface area contributed by atoms with E-state index in [0.717, 1.165) is 5.56 Å². The van der Waals surface area contributed by atoms with Gasteiger partial charge in [0.15, 0.2) is 0 Å². The Kier molecular flexibility index (Phi) is 1.59. The van der Waals surface area contributed by atoms with Crippen LogP contribution in [-0.4, -0.2) is 11.0 Å². The summed E-state index contributed by atoms with van der Waals surface area (Å²) in [5, 5.41) is 1.36. The summed E-state index contributed by atoms with van der Waals surface area (Å²) in [6, 6.07) is 9.66. The first kappa shape index (κ1) is 7.31. The van der Waals surface area contributed by atoms with Crippen LogP contribution in [0.15, 0.2) is 30.3 Å². The third kappa shape index (κ3) is 1.19. The zero-order valence-electron chi connectivity index (χ0n) is 6.73. The molecule has 1 aliphatic heterocycles. The summed E-state index contributed by atoms with van der Waals surface area (Å²) in [7, 11) is 0. The van der Waals surface area contributed by atoms with Crippen molar-refractivity contribution < 1.29 is 9.63 Å². The van der Waals surface area contributed by atoms with E-state index in [4.69, 9.17) is 4.84 Å². The molecule has 0 N–H and O–H groups in total. The van der Waals surface area contributed by atoms with Crippen molar-refractivity contribution in [2.45, 2.75) is 13.2 Å². The highest BCUT2D eigenvalue weighted by atomic mass is 16.8. The topological polar surface area (TPSA) is 32.6 Å². The van der Waals surface area contributed by atoms with Crippen LogP contribution in [0.25, 0.3) is 0 Å². The molecule has 0 aliphatic carbocycles. The predicted molar refractivity (Wildman–Crippen MR) is 42.8 cm³/mol. The Morgan fingerprint density at radius 1 is 1.42 bits per heavy atom. The van der Waals surface area contributed by atoms with Gasteiger partial charge in [0.2, 0.25) is 12.1 Å². The van der Waals surface area contributed by atoms with Gasteiger partial charge in [-0.3, -0.25) is 4.79 Å². The largest absolute Gasteiger partial charge is 0.273 e. The summed E-state index contributed by atoms with van der Waals surface area (Å²) in [6.07, 6.45) is -0.149. The number of rotatable bonds is 1. The lowest BCUT2D eigenvalue weighted by Crippen LogP contribution is -2.04. The average Bonchev–Trinajstić information content (AvgIpc) is 2.84. The molecule has 1 atom stereocenters. The Morgan fingerprint density at radius 3 is 2.58 bits per heavy atom. The molecule has 62 valence electrons. The van der Waals surface area contributed by atoms with Crippen molar-refractivity contribution in [2.24, 2.45) is 0 Å². The molecule has 0 spiro atoms. The van der Waals surface area contributed by atoms with Gasteiger partial charge in [-0.1, -0.05) is 30.3 Å². The van der Waals surface area contributed by atoms with Gasteiger partial charge in [0.25, 0.3) is 0 Å². The van der Waals surface area contributed by atoms with E-state index in [0.29, 0.717) is 0 Å². The van der Waals surface area contributed by atoms with Crippen molar-refractivity contribution in [2.75, 3.05) is 0 Å². The summed E-state index contributed by atoms with van der Waals surface area (Å²) in [4.78, 5) is 15.8. The summed E-state index contributed by atoms with van der Waals surface area (Å²) in [6.45, 7) is 1.49. The van der Waals surface area contributed by atoms with Crippen molar-refractivity contribution in [3.05, 3.63) is 35.9 Å². The fourth-order valence-corrected chi connectivity index (χ4v) is 1.13. The second-order valence-electron chi connectivity index (χ2n) is 2.71. The Morgan fingerprint density at radius 2 is 2.08 bits per heavy atom. The molecular formula is C9H9NO2. The number of benzene rings is 1. The predicted octanol–water partition coefficient (Wildman–Crippen LogP) is 1.48. The molecule has 0 radical (unpaired) electrons. The maximum Gasteiger partial charge on any atom is 0.245 e. The fourth-order valence-electron chi connectivity index (χ4n) is 1.13. The molecule has 0 aromatic heterocycles. The average molecular weight is 163 g/mol. The SMILES string of the molecule is CC(=O)N1OC1c1ccccc1. The molecule has 0 bridgehead atoms. The summed E-state index contributed by atoms with van der Waals surface area (Å²) < 4.78 is 0. The molecule has 1 saturated heterocycles. The number of hydrogen-bond acceptors (Lipinski definition) is 2. The van der Waals surface area contributed by atoms with Gasteiger partial charge in [0.05, 0.1) is 0 Å². The minimum atomic E-state index is -0.149. The van der Waals surface area contributed by atoms with Gasteiger partial charge >= 0.3 is 0 Å². The number of hydroxylamine groups is 2. The van der Waals surface area contributed by atoms with E-state index in [9.17, 15) is 4.79 Å². The number of amides is 1. The fraction of sp³-hybridized carbons (Fsp3) is 0.222. The zero-order chi connectivity index (χ0) is 8.55. The van der Waals surface area contributed by atoms with Crippen molar-refractivity contribution in [3.63, 3.8) is 0 Å². The highest BCUT2D eigenvalue weighted by Gasteiger charge is 2.40. The molecule has 12 heavy (non-hydrogen) atoms. The molecular weight excluding hydrogens is 154 g/mol. The third-order valence-electron chi connectivity index (χ3n) is 1.78. The molecule has 0 saturated carbocycles. The van der Waals surface area contributed by atoms with Crippen LogP contribution in [0.5, 0.6) is 0 Å². The lowest BCUT2D eigenvalue weighted by molar-refractivity contribution is -0.129. The summed E-state index contributed by atoms with van der Waals surface area (Å²) in [5.41, 5.74) is 1.02. The molecule has 1 aromatic carbocycles. The number of carbonyl (C=O) groups is 1. The molecule has 1 unspecified atom stereocenters. The zero-order valence-corrected chi connectivity index (χ0v) is 6.73. The molecule has 1 aliphatic rings. The molecule has 1 amide bonds. The molecule has 1 heterocycles. The summed E-state index contributed by atoms with van der Waals surface area (Å²) in [5.74, 6) is -0.0520. The maximum absolute atomic E-state index is 10.8. The highest BCUT2D eigenvalue weighted by Crippen LogP contribution is 2.36. The minimum absolute atomic E-state index is 0.0520. The highest BCUT2D eigenvalue weighted by molar-refractivity contribution is 5.73. The van der Waals surface area contributed by atoms with Crippen LogP contribution in [0.3, 0.4) is 0 Å². The van der Waals surface area contributed by atoms with Crippen LogP contribution in [0.2, 0.25) is 0 Å². The van der Waals surface area contributed by atoms with Gasteiger partial charge in [-0.15, -0.1) is 0 Å². The maximum atomic E-state index is 10.8. The number of nitrogens with zero attached hydrogens (tertiary/aromatic N) is 1. The first-order chi connectivity index (χ1) is 5.79. The Balaban J connectivity index is 2.11. The summed E-state index contributed by atoms with van der Waals surface area (Å²) >= 11 is 0.